The Morgan fingerprint density at radius 2 is 1.56 bits per heavy atom. The van der Waals surface area contributed by atoms with Gasteiger partial charge in [-0.3, -0.25) is 9.59 Å². The van der Waals surface area contributed by atoms with Crippen LogP contribution in [0, 0.1) is 0 Å². The smallest absolute Gasteiger partial charge is 0.175 e. The lowest BCUT2D eigenvalue weighted by Gasteiger charge is -2.36. The molecular formula is C27H24Br2O5. The van der Waals surface area contributed by atoms with Gasteiger partial charge in [0.05, 0.1) is 11.6 Å². The Morgan fingerprint density at radius 1 is 0.912 bits per heavy atom. The molecule has 0 spiro atoms. The van der Waals surface area contributed by atoms with Crippen LogP contribution in [0.3, 0.4) is 0 Å². The third kappa shape index (κ3) is 4.24. The summed E-state index contributed by atoms with van der Waals surface area (Å²) in [5, 5.41) is 0. The largest absolute Gasteiger partial charge is 0.493 e. The number of carbonyl (C=O) groups excluding carboxylic acids is 2. The second-order valence-corrected chi connectivity index (χ2v) is 10.4. The standard InChI is InChI=1S/C27H24Br2O5/c1-32-23-13-16(12-18(29)27(23)33-14-15-6-2-3-7-17(15)28)24-25-19(30)8-4-10-21(25)34-22-11-5-9-20(31)26(22)24/h2-3,6-7,12-13,24H,4-5,8-11,14H2,1H3. The van der Waals surface area contributed by atoms with Crippen LogP contribution in [0.1, 0.15) is 55.6 Å². The minimum absolute atomic E-state index is 0.0560. The molecule has 34 heavy (non-hydrogen) atoms. The monoisotopic (exact) mass is 586 g/mol. The summed E-state index contributed by atoms with van der Waals surface area (Å²) in [7, 11) is 1.59. The lowest BCUT2D eigenvalue weighted by molar-refractivity contribution is -0.117. The number of methoxy groups -OCH3 is 1. The van der Waals surface area contributed by atoms with Gasteiger partial charge in [-0.25, -0.2) is 0 Å². The number of Topliss-reactive ketones (excluding diaryl/α,β-unsaturated/α-hetero) is 2. The second kappa shape index (κ2) is 9.70. The first-order valence-electron chi connectivity index (χ1n) is 11.4. The van der Waals surface area contributed by atoms with Crippen LogP contribution in [-0.2, 0) is 20.9 Å². The van der Waals surface area contributed by atoms with Gasteiger partial charge in [0.2, 0.25) is 0 Å². The van der Waals surface area contributed by atoms with Crippen molar-refractivity contribution >= 4 is 43.4 Å². The Labute approximate surface area is 215 Å². The molecule has 0 atom stereocenters. The average molecular weight is 588 g/mol. The summed E-state index contributed by atoms with van der Waals surface area (Å²) in [6.45, 7) is 0.356. The van der Waals surface area contributed by atoms with Crippen molar-refractivity contribution in [1.82, 2.24) is 0 Å². The van der Waals surface area contributed by atoms with Crippen LogP contribution >= 0.6 is 31.9 Å². The summed E-state index contributed by atoms with van der Waals surface area (Å²) in [6, 6.07) is 11.7. The Balaban J connectivity index is 1.57. The first-order valence-corrected chi connectivity index (χ1v) is 13.0. The Bertz CT molecular complexity index is 1200. The van der Waals surface area contributed by atoms with Crippen molar-refractivity contribution in [2.24, 2.45) is 0 Å². The van der Waals surface area contributed by atoms with E-state index in [0.717, 1.165) is 40.0 Å². The van der Waals surface area contributed by atoms with Crippen molar-refractivity contribution in [3.05, 3.63) is 79.1 Å². The summed E-state index contributed by atoms with van der Waals surface area (Å²) in [6.07, 6.45) is 3.93. The summed E-state index contributed by atoms with van der Waals surface area (Å²) < 4.78 is 19.7. The fourth-order valence-electron chi connectivity index (χ4n) is 4.96. The topological polar surface area (TPSA) is 61.8 Å². The van der Waals surface area contributed by atoms with Crippen LogP contribution in [0.15, 0.2) is 68.0 Å². The normalized spacial score (nSPS) is 18.4. The minimum atomic E-state index is -0.443. The maximum absolute atomic E-state index is 13.0. The Kier molecular flexibility index (Phi) is 6.67. The molecule has 0 unspecified atom stereocenters. The fourth-order valence-corrected chi connectivity index (χ4v) is 5.94. The van der Waals surface area contributed by atoms with Gasteiger partial charge in [0.1, 0.15) is 18.1 Å². The van der Waals surface area contributed by atoms with Gasteiger partial charge in [0.25, 0.3) is 0 Å². The van der Waals surface area contributed by atoms with Gasteiger partial charge in [-0.05, 0) is 52.5 Å². The molecule has 2 aromatic rings. The minimum Gasteiger partial charge on any atom is -0.493 e. The SMILES string of the molecule is COc1cc(C2C3=C(CCCC3=O)OC3=C2C(=O)CCC3)cc(Br)c1OCc1ccccc1Br. The molecule has 5 nitrogen and oxygen atoms in total. The van der Waals surface area contributed by atoms with Gasteiger partial charge in [0.15, 0.2) is 23.1 Å². The third-order valence-corrected chi connectivity index (χ3v) is 7.92. The van der Waals surface area contributed by atoms with Crippen LogP contribution in [-0.4, -0.2) is 18.7 Å². The number of hydrogen-bond donors (Lipinski definition) is 0. The van der Waals surface area contributed by atoms with E-state index in [-0.39, 0.29) is 11.6 Å². The zero-order chi connectivity index (χ0) is 23.8. The number of ether oxygens (including phenoxy) is 3. The number of carbonyl (C=O) groups is 2. The molecule has 0 aromatic heterocycles. The quantitative estimate of drug-likeness (QED) is 0.380. The van der Waals surface area contributed by atoms with Gasteiger partial charge >= 0.3 is 0 Å². The maximum atomic E-state index is 13.0. The molecule has 1 heterocycles. The number of hydrogen-bond acceptors (Lipinski definition) is 5. The summed E-state index contributed by atoms with van der Waals surface area (Å²) >= 11 is 7.21. The van der Waals surface area contributed by atoms with E-state index < -0.39 is 5.92 Å². The summed E-state index contributed by atoms with van der Waals surface area (Å²) in [5.41, 5.74) is 3.08. The molecule has 176 valence electrons. The van der Waals surface area contributed by atoms with Crippen molar-refractivity contribution in [1.29, 1.82) is 0 Å². The van der Waals surface area contributed by atoms with E-state index in [9.17, 15) is 9.59 Å². The molecule has 7 heteroatoms. The van der Waals surface area contributed by atoms with Crippen molar-refractivity contribution in [3.8, 4) is 11.5 Å². The number of benzene rings is 2. The first kappa shape index (κ1) is 23.4. The molecule has 5 rings (SSSR count). The number of allylic oxidation sites excluding steroid dienone is 4. The first-order chi connectivity index (χ1) is 16.5. The lowest BCUT2D eigenvalue weighted by Crippen LogP contribution is -2.30. The van der Waals surface area contributed by atoms with E-state index >= 15 is 0 Å². The van der Waals surface area contributed by atoms with E-state index in [1.54, 1.807) is 7.11 Å². The molecule has 3 aliphatic rings. The average Bonchev–Trinajstić information content (AvgIpc) is 2.83. The van der Waals surface area contributed by atoms with Crippen molar-refractivity contribution in [2.75, 3.05) is 7.11 Å². The Morgan fingerprint density at radius 3 is 2.18 bits per heavy atom. The van der Waals surface area contributed by atoms with Gasteiger partial charge < -0.3 is 14.2 Å². The van der Waals surface area contributed by atoms with E-state index in [1.807, 2.05) is 36.4 Å². The zero-order valence-corrected chi connectivity index (χ0v) is 22.0. The van der Waals surface area contributed by atoms with Crippen molar-refractivity contribution in [3.63, 3.8) is 0 Å². The highest BCUT2D eigenvalue weighted by atomic mass is 79.9. The molecule has 2 aromatic carbocycles. The third-order valence-electron chi connectivity index (χ3n) is 6.56. The van der Waals surface area contributed by atoms with E-state index in [2.05, 4.69) is 31.9 Å². The van der Waals surface area contributed by atoms with Crippen molar-refractivity contribution in [2.45, 2.75) is 51.0 Å². The molecule has 0 bridgehead atoms. The van der Waals surface area contributed by atoms with Gasteiger partial charge in [-0.15, -0.1) is 0 Å². The summed E-state index contributed by atoms with van der Waals surface area (Å²) in [5.74, 6) is 2.22. The molecule has 0 saturated heterocycles. The van der Waals surface area contributed by atoms with Gasteiger partial charge in [-0.2, -0.15) is 0 Å². The van der Waals surface area contributed by atoms with E-state index in [1.165, 1.54) is 0 Å². The molecular weight excluding hydrogens is 564 g/mol. The highest BCUT2D eigenvalue weighted by Crippen LogP contribution is 2.50. The second-order valence-electron chi connectivity index (χ2n) is 8.68. The lowest BCUT2D eigenvalue weighted by atomic mass is 9.73. The predicted octanol–water partition coefficient (Wildman–Crippen LogP) is 6.93. The highest BCUT2D eigenvalue weighted by Gasteiger charge is 2.42. The number of halogens is 2. The van der Waals surface area contributed by atoms with Crippen LogP contribution in [0.25, 0.3) is 0 Å². The maximum Gasteiger partial charge on any atom is 0.175 e. The van der Waals surface area contributed by atoms with E-state index in [0.29, 0.717) is 59.4 Å². The number of rotatable bonds is 5. The van der Waals surface area contributed by atoms with Crippen LogP contribution < -0.4 is 9.47 Å². The van der Waals surface area contributed by atoms with Gasteiger partial charge in [0, 0.05) is 52.8 Å². The molecule has 2 aliphatic carbocycles. The molecule has 0 fully saturated rings. The van der Waals surface area contributed by atoms with Gasteiger partial charge in [-0.1, -0.05) is 34.1 Å². The zero-order valence-electron chi connectivity index (χ0n) is 18.8. The molecule has 0 radical (unpaired) electrons. The highest BCUT2D eigenvalue weighted by molar-refractivity contribution is 9.10. The molecule has 0 amide bonds. The fraction of sp³-hybridized carbons (Fsp3) is 0.333. The van der Waals surface area contributed by atoms with Crippen molar-refractivity contribution < 1.29 is 23.8 Å². The predicted molar refractivity (Wildman–Crippen MR) is 135 cm³/mol. The molecule has 0 N–H and O–H groups in total. The van der Waals surface area contributed by atoms with Crippen LogP contribution in [0.5, 0.6) is 11.5 Å². The summed E-state index contributed by atoms with van der Waals surface area (Å²) in [4.78, 5) is 26.1. The Hall–Kier alpha value is -2.38. The number of ketones is 2. The van der Waals surface area contributed by atoms with Crippen LogP contribution in [0.4, 0.5) is 0 Å². The molecule has 0 saturated carbocycles. The van der Waals surface area contributed by atoms with Crippen LogP contribution in [0.2, 0.25) is 0 Å². The molecule has 1 aliphatic heterocycles. The van der Waals surface area contributed by atoms with E-state index in [4.69, 9.17) is 14.2 Å².